The number of carbonyl (C=O) groups excluding carboxylic acids is 2. The molecule has 0 N–H and O–H groups in total. The first kappa shape index (κ1) is 18.9. The number of urea groups is 1. The van der Waals surface area contributed by atoms with Crippen LogP contribution in [0.5, 0.6) is 5.75 Å². The second kappa shape index (κ2) is 8.70. The highest BCUT2D eigenvalue weighted by atomic mass is 16.6. The Labute approximate surface area is 157 Å². The molecule has 0 radical (unpaired) electrons. The fourth-order valence-electron chi connectivity index (χ4n) is 3.39. The lowest BCUT2D eigenvalue weighted by molar-refractivity contribution is -0.385. The highest BCUT2D eigenvalue weighted by molar-refractivity contribution is 5.79. The molecule has 2 aliphatic heterocycles. The van der Waals surface area contributed by atoms with E-state index in [0.29, 0.717) is 26.2 Å². The molecule has 0 atom stereocenters. The Hall–Kier alpha value is -2.84. The van der Waals surface area contributed by atoms with E-state index >= 15 is 0 Å². The molecule has 146 valence electrons. The molecule has 0 aromatic heterocycles. The van der Waals surface area contributed by atoms with E-state index in [1.807, 2.05) is 4.90 Å². The second-order valence-corrected chi connectivity index (χ2v) is 6.71. The number of para-hydroxylation sites is 2. The normalized spacial score (nSPS) is 17.6. The number of nitro benzene ring substituents is 1. The Morgan fingerprint density at radius 2 is 1.52 bits per heavy atom. The summed E-state index contributed by atoms with van der Waals surface area (Å²) >= 11 is 0. The third-order valence-corrected chi connectivity index (χ3v) is 4.94. The quantitative estimate of drug-likeness (QED) is 0.589. The van der Waals surface area contributed by atoms with Crippen LogP contribution in [0.15, 0.2) is 24.3 Å². The molecule has 3 rings (SSSR count). The molecule has 2 aliphatic rings. The SMILES string of the molecule is O=C(COc1ccccc1[N+](=O)[O-])N1CCN(C(=O)N2CCCCC2)CC1. The highest BCUT2D eigenvalue weighted by Crippen LogP contribution is 2.25. The topological polar surface area (TPSA) is 96.2 Å². The number of likely N-dealkylation sites (tertiary alicyclic amines) is 1. The standard InChI is InChI=1S/C18H24N4O5/c23-17(14-27-16-7-3-2-6-15(16)22(25)26)19-10-12-21(13-11-19)18(24)20-8-4-1-5-9-20/h2-3,6-7H,1,4-5,8-14H2. The largest absolute Gasteiger partial charge is 0.477 e. The number of nitro groups is 1. The average Bonchev–Trinajstić information content (AvgIpc) is 2.72. The highest BCUT2D eigenvalue weighted by Gasteiger charge is 2.28. The van der Waals surface area contributed by atoms with E-state index < -0.39 is 4.92 Å². The minimum atomic E-state index is -0.537. The lowest BCUT2D eigenvalue weighted by Crippen LogP contribution is -2.55. The van der Waals surface area contributed by atoms with Crippen LogP contribution >= 0.6 is 0 Å². The van der Waals surface area contributed by atoms with E-state index in [1.165, 1.54) is 18.6 Å². The van der Waals surface area contributed by atoms with Gasteiger partial charge in [-0.2, -0.15) is 0 Å². The molecule has 3 amide bonds. The summed E-state index contributed by atoms with van der Waals surface area (Å²) in [6.07, 6.45) is 3.27. The molecule has 0 saturated carbocycles. The van der Waals surface area contributed by atoms with Crippen molar-refractivity contribution < 1.29 is 19.2 Å². The van der Waals surface area contributed by atoms with Crippen molar-refractivity contribution in [1.29, 1.82) is 0 Å². The summed E-state index contributed by atoms with van der Waals surface area (Å²) in [5.74, 6) is -0.159. The summed E-state index contributed by atoms with van der Waals surface area (Å²) in [6.45, 7) is 3.23. The zero-order valence-corrected chi connectivity index (χ0v) is 15.2. The van der Waals surface area contributed by atoms with Crippen molar-refractivity contribution in [2.45, 2.75) is 19.3 Å². The number of piperidine rings is 1. The van der Waals surface area contributed by atoms with Gasteiger partial charge in [-0.15, -0.1) is 0 Å². The Kier molecular flexibility index (Phi) is 6.10. The maximum absolute atomic E-state index is 12.5. The zero-order valence-electron chi connectivity index (χ0n) is 15.2. The van der Waals surface area contributed by atoms with Crippen molar-refractivity contribution in [3.05, 3.63) is 34.4 Å². The van der Waals surface area contributed by atoms with Crippen LogP contribution in [0.4, 0.5) is 10.5 Å². The number of hydrogen-bond donors (Lipinski definition) is 0. The van der Waals surface area contributed by atoms with Crippen molar-refractivity contribution in [1.82, 2.24) is 14.7 Å². The minimum Gasteiger partial charge on any atom is -0.477 e. The van der Waals surface area contributed by atoms with Crippen molar-refractivity contribution in [3.63, 3.8) is 0 Å². The Balaban J connectivity index is 1.47. The van der Waals surface area contributed by atoms with Gasteiger partial charge in [-0.3, -0.25) is 14.9 Å². The van der Waals surface area contributed by atoms with Crippen LogP contribution in [0.1, 0.15) is 19.3 Å². The van der Waals surface area contributed by atoms with E-state index in [0.717, 1.165) is 25.9 Å². The monoisotopic (exact) mass is 376 g/mol. The molecular formula is C18H24N4O5. The maximum Gasteiger partial charge on any atom is 0.320 e. The molecule has 1 aromatic rings. The van der Waals surface area contributed by atoms with Crippen LogP contribution in [0.25, 0.3) is 0 Å². The summed E-state index contributed by atoms with van der Waals surface area (Å²) in [5, 5.41) is 11.0. The number of hydrogen-bond acceptors (Lipinski definition) is 5. The van der Waals surface area contributed by atoms with Gasteiger partial charge in [0.05, 0.1) is 4.92 Å². The predicted octanol–water partition coefficient (Wildman–Crippen LogP) is 1.72. The van der Waals surface area contributed by atoms with Crippen molar-refractivity contribution in [2.75, 3.05) is 45.9 Å². The summed E-state index contributed by atoms with van der Waals surface area (Å²) in [4.78, 5) is 40.6. The van der Waals surface area contributed by atoms with Crippen LogP contribution in [-0.4, -0.2) is 77.4 Å². The van der Waals surface area contributed by atoms with E-state index in [4.69, 9.17) is 4.74 Å². The molecular weight excluding hydrogens is 352 g/mol. The number of piperazine rings is 1. The first-order valence-corrected chi connectivity index (χ1v) is 9.24. The molecule has 0 spiro atoms. The first-order valence-electron chi connectivity index (χ1n) is 9.24. The van der Waals surface area contributed by atoms with Gasteiger partial charge in [0, 0.05) is 45.3 Å². The lowest BCUT2D eigenvalue weighted by atomic mass is 10.1. The lowest BCUT2D eigenvalue weighted by Gasteiger charge is -2.38. The van der Waals surface area contributed by atoms with E-state index in [9.17, 15) is 19.7 Å². The van der Waals surface area contributed by atoms with Crippen LogP contribution in [0.2, 0.25) is 0 Å². The maximum atomic E-state index is 12.5. The first-order chi connectivity index (χ1) is 13.1. The van der Waals surface area contributed by atoms with Gasteiger partial charge in [-0.05, 0) is 25.3 Å². The second-order valence-electron chi connectivity index (χ2n) is 6.71. The molecule has 2 saturated heterocycles. The van der Waals surface area contributed by atoms with Crippen molar-refractivity contribution >= 4 is 17.6 Å². The van der Waals surface area contributed by atoms with Gasteiger partial charge in [-0.1, -0.05) is 12.1 Å². The fourth-order valence-corrected chi connectivity index (χ4v) is 3.39. The third-order valence-electron chi connectivity index (χ3n) is 4.94. The van der Waals surface area contributed by atoms with Crippen LogP contribution in [0.3, 0.4) is 0 Å². The number of ether oxygens (including phenoxy) is 1. The average molecular weight is 376 g/mol. The van der Waals surface area contributed by atoms with Gasteiger partial charge < -0.3 is 19.4 Å². The summed E-state index contributed by atoms with van der Waals surface area (Å²) < 4.78 is 5.36. The molecule has 9 heteroatoms. The van der Waals surface area contributed by atoms with Crippen molar-refractivity contribution in [2.24, 2.45) is 0 Å². The molecule has 2 fully saturated rings. The number of rotatable bonds is 4. The zero-order chi connectivity index (χ0) is 19.2. The van der Waals surface area contributed by atoms with Gasteiger partial charge in [0.25, 0.3) is 5.91 Å². The Morgan fingerprint density at radius 1 is 0.926 bits per heavy atom. The van der Waals surface area contributed by atoms with Crippen molar-refractivity contribution in [3.8, 4) is 5.75 Å². The predicted molar refractivity (Wildman–Crippen MR) is 97.6 cm³/mol. The number of benzene rings is 1. The van der Waals surface area contributed by atoms with Crippen LogP contribution < -0.4 is 4.74 Å². The smallest absolute Gasteiger partial charge is 0.320 e. The number of amides is 3. The van der Waals surface area contributed by atoms with Crippen LogP contribution in [-0.2, 0) is 4.79 Å². The van der Waals surface area contributed by atoms with Crippen LogP contribution in [0, 0.1) is 10.1 Å². The minimum absolute atomic E-state index is 0.0537. The van der Waals surface area contributed by atoms with Gasteiger partial charge in [0.1, 0.15) is 0 Å². The van der Waals surface area contributed by atoms with Gasteiger partial charge in [-0.25, -0.2) is 4.79 Å². The van der Waals surface area contributed by atoms with E-state index in [1.54, 1.807) is 21.9 Å². The summed E-state index contributed by atoms with van der Waals surface area (Å²) in [6, 6.07) is 6.03. The number of carbonyl (C=O) groups is 2. The molecule has 1 aromatic carbocycles. The van der Waals surface area contributed by atoms with E-state index in [2.05, 4.69) is 0 Å². The van der Waals surface area contributed by atoms with Gasteiger partial charge in [0.2, 0.25) is 0 Å². The van der Waals surface area contributed by atoms with Gasteiger partial charge >= 0.3 is 11.7 Å². The van der Waals surface area contributed by atoms with Gasteiger partial charge in [0.15, 0.2) is 12.4 Å². The Bertz CT molecular complexity index is 697. The molecule has 0 bridgehead atoms. The third kappa shape index (κ3) is 4.66. The molecule has 2 heterocycles. The molecule has 0 unspecified atom stereocenters. The fraction of sp³-hybridized carbons (Fsp3) is 0.556. The number of nitrogens with zero attached hydrogens (tertiary/aromatic N) is 4. The van der Waals surface area contributed by atoms with E-state index in [-0.39, 0.29) is 30.0 Å². The Morgan fingerprint density at radius 3 is 2.19 bits per heavy atom. The molecule has 0 aliphatic carbocycles. The summed E-state index contributed by atoms with van der Waals surface area (Å²) in [7, 11) is 0. The molecule has 27 heavy (non-hydrogen) atoms. The molecule has 9 nitrogen and oxygen atoms in total. The summed E-state index contributed by atoms with van der Waals surface area (Å²) in [5.41, 5.74) is -0.165.